The number of fused-ring (bicyclic) bond motifs is 2. The Morgan fingerprint density at radius 1 is 1.33 bits per heavy atom. The molecule has 2 heteroatoms. The maximum absolute atomic E-state index is 3.85. The van der Waals surface area contributed by atoms with Crippen molar-refractivity contribution in [3.8, 4) is 0 Å². The Morgan fingerprint density at radius 2 is 2.11 bits per heavy atom. The molecule has 2 fully saturated rings. The van der Waals surface area contributed by atoms with E-state index in [0.29, 0.717) is 16.9 Å². The third-order valence-corrected chi connectivity index (χ3v) is 7.11. The Morgan fingerprint density at radius 3 is 2.61 bits per heavy atom. The van der Waals surface area contributed by atoms with Gasteiger partial charge in [0.2, 0.25) is 0 Å². The van der Waals surface area contributed by atoms with Crippen LogP contribution in [0.5, 0.6) is 0 Å². The first kappa shape index (κ1) is 12.7. The van der Waals surface area contributed by atoms with Gasteiger partial charge in [-0.25, -0.2) is 0 Å². The second-order valence-corrected chi connectivity index (χ2v) is 8.43. The van der Waals surface area contributed by atoms with E-state index in [0.717, 1.165) is 12.5 Å². The van der Waals surface area contributed by atoms with Crippen molar-refractivity contribution in [3.63, 3.8) is 0 Å². The summed E-state index contributed by atoms with van der Waals surface area (Å²) in [6, 6.07) is 5.22. The average Bonchev–Trinajstić information content (AvgIpc) is 2.87. The van der Waals surface area contributed by atoms with Crippen LogP contribution in [0.3, 0.4) is 0 Å². The minimum Gasteiger partial charge on any atom is -0.309 e. The lowest BCUT2D eigenvalue weighted by atomic mass is 9.69. The highest BCUT2D eigenvalue weighted by molar-refractivity contribution is 7.11. The topological polar surface area (TPSA) is 12.0 Å². The quantitative estimate of drug-likeness (QED) is 0.854. The van der Waals surface area contributed by atoms with E-state index in [4.69, 9.17) is 0 Å². The van der Waals surface area contributed by atoms with Gasteiger partial charge >= 0.3 is 0 Å². The molecule has 18 heavy (non-hydrogen) atoms. The van der Waals surface area contributed by atoms with Crippen LogP contribution in [-0.2, 0) is 6.54 Å². The summed E-state index contributed by atoms with van der Waals surface area (Å²) < 4.78 is 0. The van der Waals surface area contributed by atoms with Gasteiger partial charge in [-0.1, -0.05) is 20.8 Å². The molecule has 2 bridgehead atoms. The van der Waals surface area contributed by atoms with Gasteiger partial charge < -0.3 is 5.32 Å². The largest absolute Gasteiger partial charge is 0.309 e. The van der Waals surface area contributed by atoms with E-state index in [-0.39, 0.29) is 0 Å². The van der Waals surface area contributed by atoms with Gasteiger partial charge in [0.1, 0.15) is 0 Å². The van der Waals surface area contributed by atoms with Crippen molar-refractivity contribution in [2.24, 2.45) is 16.7 Å². The maximum Gasteiger partial charge on any atom is 0.0302 e. The van der Waals surface area contributed by atoms with Crippen molar-refractivity contribution in [2.75, 3.05) is 0 Å². The lowest BCUT2D eigenvalue weighted by Gasteiger charge is -2.39. The molecule has 3 atom stereocenters. The lowest BCUT2D eigenvalue weighted by Crippen LogP contribution is -2.44. The summed E-state index contributed by atoms with van der Waals surface area (Å²) in [4.78, 5) is 2.91. The van der Waals surface area contributed by atoms with E-state index in [2.05, 4.69) is 45.1 Å². The molecule has 0 aromatic carbocycles. The van der Waals surface area contributed by atoms with Crippen molar-refractivity contribution < 1.29 is 0 Å². The van der Waals surface area contributed by atoms with Gasteiger partial charge in [-0.3, -0.25) is 0 Å². The van der Waals surface area contributed by atoms with Crippen LogP contribution in [-0.4, -0.2) is 6.04 Å². The molecule has 0 spiro atoms. The molecule has 1 aromatic heterocycles. The fraction of sp³-hybridized carbons (Fsp3) is 0.750. The fourth-order valence-electron chi connectivity index (χ4n) is 4.32. The predicted octanol–water partition coefficient (Wildman–Crippen LogP) is 4.36. The van der Waals surface area contributed by atoms with E-state index in [1.165, 1.54) is 29.0 Å². The van der Waals surface area contributed by atoms with Crippen molar-refractivity contribution in [2.45, 2.75) is 59.5 Å². The molecule has 0 aliphatic heterocycles. The maximum atomic E-state index is 3.85. The Kier molecular flexibility index (Phi) is 2.87. The SMILES string of the molecule is Cc1ccc(CNC2CC3CCC2(C)C3(C)C)s1. The minimum atomic E-state index is 0.504. The highest BCUT2D eigenvalue weighted by Crippen LogP contribution is 2.65. The van der Waals surface area contributed by atoms with Crippen molar-refractivity contribution in [1.29, 1.82) is 0 Å². The van der Waals surface area contributed by atoms with Crippen LogP contribution < -0.4 is 5.32 Å². The fourth-order valence-corrected chi connectivity index (χ4v) is 5.16. The standard InChI is InChI=1S/C16H25NS/c1-11-5-6-13(18-11)10-17-14-9-12-7-8-16(14,4)15(12,2)3/h5-6,12,14,17H,7-10H2,1-4H3. The molecule has 3 unspecified atom stereocenters. The van der Waals surface area contributed by atoms with Gasteiger partial charge in [0.15, 0.2) is 0 Å². The van der Waals surface area contributed by atoms with Crippen LogP contribution in [0, 0.1) is 23.7 Å². The average molecular weight is 263 g/mol. The molecule has 1 N–H and O–H groups in total. The lowest BCUT2D eigenvalue weighted by molar-refractivity contribution is 0.120. The predicted molar refractivity (Wildman–Crippen MR) is 78.9 cm³/mol. The molecule has 0 amide bonds. The molecule has 100 valence electrons. The van der Waals surface area contributed by atoms with E-state index >= 15 is 0 Å². The van der Waals surface area contributed by atoms with E-state index in [9.17, 15) is 0 Å². The number of hydrogen-bond donors (Lipinski definition) is 1. The number of nitrogens with one attached hydrogen (secondary N) is 1. The van der Waals surface area contributed by atoms with Crippen molar-refractivity contribution in [1.82, 2.24) is 5.32 Å². The molecule has 1 aromatic rings. The molecule has 2 saturated carbocycles. The van der Waals surface area contributed by atoms with Gasteiger partial charge in [0.25, 0.3) is 0 Å². The van der Waals surface area contributed by atoms with E-state index < -0.39 is 0 Å². The zero-order chi connectivity index (χ0) is 13.0. The zero-order valence-corrected chi connectivity index (χ0v) is 12.9. The molecule has 2 aliphatic carbocycles. The minimum absolute atomic E-state index is 0.504. The monoisotopic (exact) mass is 263 g/mol. The molecule has 2 aliphatic rings. The van der Waals surface area contributed by atoms with Gasteiger partial charge in [-0.05, 0) is 55.1 Å². The van der Waals surface area contributed by atoms with Crippen LogP contribution in [0.2, 0.25) is 0 Å². The molecule has 1 nitrogen and oxygen atoms in total. The molecule has 1 heterocycles. The van der Waals surface area contributed by atoms with Crippen molar-refractivity contribution in [3.05, 3.63) is 21.9 Å². The van der Waals surface area contributed by atoms with Crippen LogP contribution in [0.4, 0.5) is 0 Å². The summed E-state index contributed by atoms with van der Waals surface area (Å²) >= 11 is 1.93. The molecule has 3 rings (SSSR count). The summed E-state index contributed by atoms with van der Waals surface area (Å²) in [7, 11) is 0. The van der Waals surface area contributed by atoms with Gasteiger partial charge in [0.05, 0.1) is 0 Å². The number of aryl methyl sites for hydroxylation is 1. The first-order chi connectivity index (χ1) is 8.43. The van der Waals surface area contributed by atoms with Gasteiger partial charge in [-0.2, -0.15) is 0 Å². The van der Waals surface area contributed by atoms with Crippen LogP contribution in [0.25, 0.3) is 0 Å². The third kappa shape index (κ3) is 1.69. The summed E-state index contributed by atoms with van der Waals surface area (Å²) in [5.41, 5.74) is 1.03. The molecule has 0 saturated heterocycles. The summed E-state index contributed by atoms with van der Waals surface area (Å²) in [6.45, 7) is 10.7. The number of thiophene rings is 1. The first-order valence-corrected chi connectivity index (χ1v) is 8.04. The molecule has 0 radical (unpaired) electrons. The normalized spacial score (nSPS) is 37.3. The van der Waals surface area contributed by atoms with Crippen molar-refractivity contribution >= 4 is 11.3 Å². The second kappa shape index (κ2) is 4.08. The molecular weight excluding hydrogens is 238 g/mol. The number of rotatable bonds is 3. The summed E-state index contributed by atoms with van der Waals surface area (Å²) in [6.07, 6.45) is 4.24. The molecular formula is C16H25NS. The zero-order valence-electron chi connectivity index (χ0n) is 12.0. The third-order valence-electron chi connectivity index (χ3n) is 6.11. The highest BCUT2D eigenvalue weighted by Gasteiger charge is 2.60. The van der Waals surface area contributed by atoms with Crippen LogP contribution in [0.15, 0.2) is 12.1 Å². The Labute approximate surface area is 115 Å². The van der Waals surface area contributed by atoms with Gasteiger partial charge in [0, 0.05) is 22.3 Å². The summed E-state index contributed by atoms with van der Waals surface area (Å²) in [5, 5.41) is 3.85. The first-order valence-electron chi connectivity index (χ1n) is 7.22. The Bertz CT molecular complexity index is 448. The second-order valence-electron chi connectivity index (χ2n) is 7.06. The van der Waals surface area contributed by atoms with Crippen LogP contribution in [0.1, 0.15) is 49.8 Å². The number of hydrogen-bond acceptors (Lipinski definition) is 2. The highest BCUT2D eigenvalue weighted by atomic mass is 32.1. The smallest absolute Gasteiger partial charge is 0.0302 e. The summed E-state index contributed by atoms with van der Waals surface area (Å²) in [5.74, 6) is 0.935. The Hall–Kier alpha value is -0.340. The van der Waals surface area contributed by atoms with E-state index in [1.54, 1.807) is 0 Å². The Balaban J connectivity index is 1.69. The van der Waals surface area contributed by atoms with E-state index in [1.807, 2.05) is 11.3 Å². The van der Waals surface area contributed by atoms with Crippen LogP contribution >= 0.6 is 11.3 Å². The van der Waals surface area contributed by atoms with Gasteiger partial charge in [-0.15, -0.1) is 11.3 Å².